The van der Waals surface area contributed by atoms with Crippen molar-refractivity contribution in [3.05, 3.63) is 51.4 Å². The quantitative estimate of drug-likeness (QED) is 0.779. The standard InChI is InChI=1S/C21H24F2N2O3/c1-4-21(22,23)17-10-18(26)24-19-25(17)11-15(28-19)12-27-14-5-6-16-13(9-14)7-8-20(16,2)3/h5-6,9-10,15H,4,7-8,11-12H2,1-3H3. The van der Waals surface area contributed by atoms with Crippen LogP contribution >= 0.6 is 0 Å². The summed E-state index contributed by atoms with van der Waals surface area (Å²) in [5, 5.41) is 0. The Hall–Kier alpha value is -2.44. The number of hydrogen-bond donors (Lipinski definition) is 0. The maximum Gasteiger partial charge on any atom is 0.300 e. The van der Waals surface area contributed by atoms with Gasteiger partial charge in [0.25, 0.3) is 11.5 Å². The minimum absolute atomic E-state index is 0.0695. The average Bonchev–Trinajstić information content (AvgIpc) is 3.19. The molecule has 7 heteroatoms. The van der Waals surface area contributed by atoms with Gasteiger partial charge in [-0.15, -0.1) is 0 Å². The van der Waals surface area contributed by atoms with E-state index in [0.717, 1.165) is 24.7 Å². The number of halogens is 2. The van der Waals surface area contributed by atoms with Gasteiger partial charge in [0.05, 0.1) is 12.2 Å². The molecule has 0 radical (unpaired) electrons. The van der Waals surface area contributed by atoms with Gasteiger partial charge in [0.1, 0.15) is 12.4 Å². The summed E-state index contributed by atoms with van der Waals surface area (Å²) in [7, 11) is 0. The fourth-order valence-corrected chi connectivity index (χ4v) is 4.01. The molecular weight excluding hydrogens is 366 g/mol. The van der Waals surface area contributed by atoms with E-state index in [9.17, 15) is 13.6 Å². The number of fused-ring (bicyclic) bond motifs is 2. The maximum atomic E-state index is 14.2. The van der Waals surface area contributed by atoms with Gasteiger partial charge in [-0.3, -0.25) is 9.36 Å². The van der Waals surface area contributed by atoms with E-state index in [0.29, 0.717) is 0 Å². The lowest BCUT2D eigenvalue weighted by atomic mass is 9.87. The van der Waals surface area contributed by atoms with Crippen LogP contribution in [-0.2, 0) is 24.3 Å². The van der Waals surface area contributed by atoms with E-state index < -0.39 is 24.0 Å². The number of alkyl halides is 2. The van der Waals surface area contributed by atoms with Crippen molar-refractivity contribution in [2.45, 2.75) is 64.0 Å². The predicted octanol–water partition coefficient (Wildman–Crippen LogP) is 3.81. The van der Waals surface area contributed by atoms with Gasteiger partial charge in [-0.2, -0.15) is 13.8 Å². The second-order valence-electron chi connectivity index (χ2n) is 8.18. The van der Waals surface area contributed by atoms with Crippen LogP contribution < -0.4 is 15.0 Å². The Morgan fingerprint density at radius 2 is 2.14 bits per heavy atom. The first-order valence-electron chi connectivity index (χ1n) is 9.63. The molecule has 0 fully saturated rings. The maximum absolute atomic E-state index is 14.2. The van der Waals surface area contributed by atoms with Gasteiger partial charge in [-0.1, -0.05) is 26.8 Å². The molecule has 0 amide bonds. The first-order valence-corrected chi connectivity index (χ1v) is 9.63. The molecule has 0 saturated heterocycles. The first-order chi connectivity index (χ1) is 13.2. The van der Waals surface area contributed by atoms with Crippen LogP contribution in [0.4, 0.5) is 8.78 Å². The van der Waals surface area contributed by atoms with Crippen molar-refractivity contribution >= 4 is 0 Å². The SMILES string of the molecule is CCC(F)(F)c1cc(=O)nc2n1CC(COc1ccc3c(c1)CCC3(C)C)O2. The topological polar surface area (TPSA) is 53.4 Å². The van der Waals surface area contributed by atoms with Crippen molar-refractivity contribution in [3.63, 3.8) is 0 Å². The van der Waals surface area contributed by atoms with Gasteiger partial charge in [-0.25, -0.2) is 0 Å². The third-order valence-electron chi connectivity index (χ3n) is 5.73. The number of hydrogen-bond acceptors (Lipinski definition) is 4. The molecule has 0 N–H and O–H groups in total. The van der Waals surface area contributed by atoms with Gasteiger partial charge in [0.15, 0.2) is 6.10 Å². The molecule has 2 aromatic rings. The van der Waals surface area contributed by atoms with Crippen LogP contribution in [0.2, 0.25) is 0 Å². The second-order valence-corrected chi connectivity index (χ2v) is 8.18. The summed E-state index contributed by atoms with van der Waals surface area (Å²) in [6.07, 6.45) is 1.25. The van der Waals surface area contributed by atoms with Gasteiger partial charge < -0.3 is 9.47 Å². The van der Waals surface area contributed by atoms with E-state index in [-0.39, 0.29) is 30.3 Å². The lowest BCUT2D eigenvalue weighted by Crippen LogP contribution is -2.25. The van der Waals surface area contributed by atoms with Gasteiger partial charge in [0.2, 0.25) is 0 Å². The summed E-state index contributed by atoms with van der Waals surface area (Å²) in [6.45, 7) is 6.22. The van der Waals surface area contributed by atoms with Crippen molar-refractivity contribution < 1.29 is 18.3 Å². The second kappa shape index (κ2) is 6.57. The molecule has 1 aliphatic heterocycles. The van der Waals surface area contributed by atoms with Crippen molar-refractivity contribution in [1.29, 1.82) is 0 Å². The normalized spacial score (nSPS) is 19.8. The minimum atomic E-state index is -3.11. The Morgan fingerprint density at radius 3 is 2.89 bits per heavy atom. The number of aromatic nitrogens is 2. The monoisotopic (exact) mass is 390 g/mol. The Balaban J connectivity index is 1.48. The molecular formula is C21H24F2N2O3. The summed E-state index contributed by atoms with van der Waals surface area (Å²) in [6, 6.07) is 6.90. The number of aryl methyl sites for hydroxylation is 1. The van der Waals surface area contributed by atoms with Crippen molar-refractivity contribution in [3.8, 4) is 11.8 Å². The largest absolute Gasteiger partial charge is 0.490 e. The molecule has 2 heterocycles. The van der Waals surface area contributed by atoms with Crippen molar-refractivity contribution in [2.75, 3.05) is 6.61 Å². The lowest BCUT2D eigenvalue weighted by Gasteiger charge is -2.19. The van der Waals surface area contributed by atoms with E-state index in [4.69, 9.17) is 9.47 Å². The molecule has 1 aliphatic carbocycles. The number of benzene rings is 1. The van der Waals surface area contributed by atoms with Crippen LogP contribution in [0.15, 0.2) is 29.1 Å². The van der Waals surface area contributed by atoms with E-state index >= 15 is 0 Å². The molecule has 150 valence electrons. The fraction of sp³-hybridized carbons (Fsp3) is 0.524. The number of nitrogens with zero attached hydrogens (tertiary/aromatic N) is 2. The molecule has 1 aromatic heterocycles. The zero-order valence-electron chi connectivity index (χ0n) is 16.3. The highest BCUT2D eigenvalue weighted by Gasteiger charge is 2.37. The van der Waals surface area contributed by atoms with Crippen molar-refractivity contribution in [1.82, 2.24) is 9.55 Å². The number of ether oxygens (including phenoxy) is 2. The Bertz CT molecular complexity index is 969. The molecule has 0 bridgehead atoms. The van der Waals surface area contributed by atoms with Crippen LogP contribution in [0.3, 0.4) is 0 Å². The van der Waals surface area contributed by atoms with Crippen LogP contribution in [0, 0.1) is 0 Å². The molecule has 0 saturated carbocycles. The third-order valence-corrected chi connectivity index (χ3v) is 5.73. The Morgan fingerprint density at radius 1 is 1.36 bits per heavy atom. The summed E-state index contributed by atoms with van der Waals surface area (Å²) in [5.41, 5.74) is 1.74. The molecule has 1 aromatic carbocycles. The molecule has 1 atom stereocenters. The van der Waals surface area contributed by atoms with E-state index in [1.54, 1.807) is 0 Å². The molecule has 1 unspecified atom stereocenters. The zero-order chi connectivity index (χ0) is 20.1. The zero-order valence-corrected chi connectivity index (χ0v) is 16.3. The van der Waals surface area contributed by atoms with Gasteiger partial charge in [0, 0.05) is 12.5 Å². The van der Waals surface area contributed by atoms with Crippen LogP contribution in [0.1, 0.15) is 50.4 Å². The lowest BCUT2D eigenvalue weighted by molar-refractivity contribution is -0.0169. The molecule has 2 aliphatic rings. The minimum Gasteiger partial charge on any atom is -0.490 e. The Labute approximate surface area is 162 Å². The molecule has 4 rings (SSSR count). The highest BCUT2D eigenvalue weighted by atomic mass is 19.3. The van der Waals surface area contributed by atoms with Crippen LogP contribution in [-0.4, -0.2) is 22.3 Å². The molecule has 0 spiro atoms. The highest BCUT2D eigenvalue weighted by Crippen LogP contribution is 2.40. The first kappa shape index (κ1) is 18.9. The Kier molecular flexibility index (Phi) is 4.43. The highest BCUT2D eigenvalue weighted by molar-refractivity contribution is 5.43. The van der Waals surface area contributed by atoms with Crippen molar-refractivity contribution in [2.24, 2.45) is 0 Å². The molecule has 5 nitrogen and oxygen atoms in total. The summed E-state index contributed by atoms with van der Waals surface area (Å²) in [5.74, 6) is -2.37. The van der Waals surface area contributed by atoms with E-state index in [2.05, 4.69) is 24.9 Å². The predicted molar refractivity (Wildman–Crippen MR) is 100 cm³/mol. The van der Waals surface area contributed by atoms with Gasteiger partial charge >= 0.3 is 6.01 Å². The third kappa shape index (κ3) is 3.27. The smallest absolute Gasteiger partial charge is 0.300 e. The average molecular weight is 390 g/mol. The van der Waals surface area contributed by atoms with E-state index in [1.807, 2.05) is 12.1 Å². The number of rotatable bonds is 5. The fourth-order valence-electron chi connectivity index (χ4n) is 4.01. The summed E-state index contributed by atoms with van der Waals surface area (Å²) < 4.78 is 41.2. The van der Waals surface area contributed by atoms with Crippen LogP contribution in [0.5, 0.6) is 11.8 Å². The van der Waals surface area contributed by atoms with E-state index in [1.165, 1.54) is 22.6 Å². The summed E-state index contributed by atoms with van der Waals surface area (Å²) >= 11 is 0. The van der Waals surface area contributed by atoms with Crippen LogP contribution in [0.25, 0.3) is 0 Å². The van der Waals surface area contributed by atoms with Gasteiger partial charge in [-0.05, 0) is 41.5 Å². The molecule has 28 heavy (non-hydrogen) atoms. The summed E-state index contributed by atoms with van der Waals surface area (Å²) in [4.78, 5) is 15.4.